The van der Waals surface area contributed by atoms with Crippen LogP contribution in [0.3, 0.4) is 0 Å². The standard InChI is InChI=1S/C20H35N5O11/c1-9(2)5-10(21)16(31)23-12(6-26)18(33)22-11(3-4-15(29)30)17(32)24-13(7-27)19(34)25-14(8-28)20(35)36/h9-14,26-28H,3-8,21H2,1-2H3,(H,22,33)(H,23,31)(H,24,32)(H,25,34)(H,29,30)(H,35,36)/t10-,11-,12-,13-,14-/m0/s1. The lowest BCUT2D eigenvalue weighted by molar-refractivity contribution is -0.143. The van der Waals surface area contributed by atoms with Gasteiger partial charge in [0.1, 0.15) is 24.2 Å². The van der Waals surface area contributed by atoms with Gasteiger partial charge in [-0.1, -0.05) is 13.8 Å². The molecule has 4 amide bonds. The minimum absolute atomic E-state index is 0.0658. The third-order valence-corrected chi connectivity index (χ3v) is 4.77. The normalized spacial score (nSPS) is 15.1. The Hall–Kier alpha value is -3.34. The number of aliphatic hydroxyl groups is 3. The van der Waals surface area contributed by atoms with Crippen LogP contribution in [-0.2, 0) is 28.8 Å². The summed E-state index contributed by atoms with van der Waals surface area (Å²) in [4.78, 5) is 71.6. The van der Waals surface area contributed by atoms with Gasteiger partial charge < -0.3 is 52.5 Å². The average Bonchev–Trinajstić information content (AvgIpc) is 2.80. The average molecular weight is 522 g/mol. The first-order chi connectivity index (χ1) is 16.8. The second-order valence-corrected chi connectivity index (χ2v) is 8.30. The van der Waals surface area contributed by atoms with Gasteiger partial charge in [-0.25, -0.2) is 4.79 Å². The summed E-state index contributed by atoms with van der Waals surface area (Å²) in [6.07, 6.45) is -0.783. The number of carboxylic acids is 2. The summed E-state index contributed by atoms with van der Waals surface area (Å²) in [7, 11) is 0. The fourth-order valence-electron chi connectivity index (χ4n) is 2.82. The van der Waals surface area contributed by atoms with E-state index in [1.807, 2.05) is 24.5 Å². The van der Waals surface area contributed by atoms with Crippen molar-refractivity contribution in [1.82, 2.24) is 21.3 Å². The quantitative estimate of drug-likeness (QED) is 0.0863. The fourth-order valence-corrected chi connectivity index (χ4v) is 2.82. The molecule has 0 aromatic carbocycles. The molecule has 36 heavy (non-hydrogen) atoms. The summed E-state index contributed by atoms with van der Waals surface area (Å²) in [6, 6.07) is -7.53. The Morgan fingerprint density at radius 1 is 0.667 bits per heavy atom. The summed E-state index contributed by atoms with van der Waals surface area (Å²) in [5, 5.41) is 54.1. The number of amides is 4. The van der Waals surface area contributed by atoms with Crippen molar-refractivity contribution >= 4 is 35.6 Å². The monoisotopic (exact) mass is 521 g/mol. The van der Waals surface area contributed by atoms with Crippen molar-refractivity contribution in [3.8, 4) is 0 Å². The van der Waals surface area contributed by atoms with Gasteiger partial charge in [-0.2, -0.15) is 0 Å². The van der Waals surface area contributed by atoms with Crippen LogP contribution in [0.5, 0.6) is 0 Å². The minimum Gasteiger partial charge on any atom is -0.481 e. The lowest BCUT2D eigenvalue weighted by atomic mass is 10.0. The topological polar surface area (TPSA) is 278 Å². The molecule has 11 N–H and O–H groups in total. The summed E-state index contributed by atoms with van der Waals surface area (Å²) >= 11 is 0. The van der Waals surface area contributed by atoms with E-state index in [2.05, 4.69) is 10.6 Å². The van der Waals surface area contributed by atoms with Crippen molar-refractivity contribution in [3.63, 3.8) is 0 Å². The molecule has 0 aliphatic carbocycles. The van der Waals surface area contributed by atoms with Crippen molar-refractivity contribution in [2.75, 3.05) is 19.8 Å². The van der Waals surface area contributed by atoms with Crippen LogP contribution < -0.4 is 27.0 Å². The highest BCUT2D eigenvalue weighted by Gasteiger charge is 2.31. The van der Waals surface area contributed by atoms with E-state index in [0.29, 0.717) is 6.42 Å². The number of nitrogens with two attached hydrogens (primary N) is 1. The zero-order valence-corrected chi connectivity index (χ0v) is 20.0. The van der Waals surface area contributed by atoms with Gasteiger partial charge in [0.05, 0.1) is 25.9 Å². The maximum atomic E-state index is 12.7. The third-order valence-electron chi connectivity index (χ3n) is 4.77. The molecule has 206 valence electrons. The largest absolute Gasteiger partial charge is 0.481 e. The van der Waals surface area contributed by atoms with Gasteiger partial charge >= 0.3 is 11.9 Å². The Kier molecular flexibility index (Phi) is 14.8. The summed E-state index contributed by atoms with van der Waals surface area (Å²) in [5.74, 6) is -6.91. The van der Waals surface area contributed by atoms with Crippen LogP contribution in [0.2, 0.25) is 0 Å². The van der Waals surface area contributed by atoms with E-state index in [9.17, 15) is 39.0 Å². The van der Waals surface area contributed by atoms with Gasteiger partial charge in [0.15, 0.2) is 0 Å². The predicted molar refractivity (Wildman–Crippen MR) is 121 cm³/mol. The minimum atomic E-state index is -1.72. The summed E-state index contributed by atoms with van der Waals surface area (Å²) < 4.78 is 0. The predicted octanol–water partition coefficient (Wildman–Crippen LogP) is -4.77. The molecule has 0 saturated carbocycles. The molecule has 0 radical (unpaired) electrons. The lowest BCUT2D eigenvalue weighted by Gasteiger charge is -2.25. The first-order valence-electron chi connectivity index (χ1n) is 11.0. The molecular formula is C20H35N5O11. The highest BCUT2D eigenvalue weighted by Crippen LogP contribution is 2.04. The Labute approximate surface area is 206 Å². The van der Waals surface area contributed by atoms with Gasteiger partial charge in [0, 0.05) is 6.42 Å². The van der Waals surface area contributed by atoms with Crippen LogP contribution >= 0.6 is 0 Å². The molecule has 0 rings (SSSR count). The SMILES string of the molecule is CC(C)C[C@H](N)C(=O)N[C@@H](CO)C(=O)N[C@@H](CCC(=O)O)C(=O)N[C@@H](CO)C(=O)N[C@@H](CO)C(=O)O. The number of aliphatic hydroxyl groups excluding tert-OH is 3. The fraction of sp³-hybridized carbons (Fsp3) is 0.700. The maximum Gasteiger partial charge on any atom is 0.328 e. The molecule has 0 spiro atoms. The van der Waals surface area contributed by atoms with E-state index in [0.717, 1.165) is 0 Å². The van der Waals surface area contributed by atoms with E-state index in [-0.39, 0.29) is 5.92 Å². The van der Waals surface area contributed by atoms with Gasteiger partial charge in [0.2, 0.25) is 23.6 Å². The molecule has 0 aromatic rings. The molecule has 5 atom stereocenters. The number of hydrogen-bond donors (Lipinski definition) is 10. The number of nitrogens with one attached hydrogen (secondary N) is 4. The van der Waals surface area contributed by atoms with Crippen molar-refractivity contribution < 1.29 is 54.3 Å². The van der Waals surface area contributed by atoms with Gasteiger partial charge in [-0.3, -0.25) is 24.0 Å². The van der Waals surface area contributed by atoms with E-state index >= 15 is 0 Å². The maximum absolute atomic E-state index is 12.7. The highest BCUT2D eigenvalue weighted by atomic mass is 16.4. The molecule has 0 bridgehead atoms. The third kappa shape index (κ3) is 11.9. The number of carbonyl (C=O) groups excluding carboxylic acids is 4. The molecule has 0 aromatic heterocycles. The zero-order valence-electron chi connectivity index (χ0n) is 20.0. The van der Waals surface area contributed by atoms with Gasteiger partial charge in [-0.05, 0) is 18.8 Å². The number of aliphatic carboxylic acids is 2. The smallest absolute Gasteiger partial charge is 0.328 e. The van der Waals surface area contributed by atoms with Crippen molar-refractivity contribution in [2.45, 2.75) is 63.3 Å². The van der Waals surface area contributed by atoms with Crippen LogP contribution in [0.25, 0.3) is 0 Å². The second-order valence-electron chi connectivity index (χ2n) is 8.30. The molecule has 0 fully saturated rings. The Balaban J connectivity index is 5.45. The second kappa shape index (κ2) is 16.4. The number of hydrogen-bond acceptors (Lipinski definition) is 10. The number of rotatable bonds is 17. The molecule has 16 nitrogen and oxygen atoms in total. The molecule has 0 aliphatic rings. The first kappa shape index (κ1) is 32.7. The zero-order chi connectivity index (χ0) is 28.0. The Morgan fingerprint density at radius 3 is 1.44 bits per heavy atom. The number of carboxylic acid groups (broad SMARTS) is 2. The van der Waals surface area contributed by atoms with Crippen LogP contribution in [0.15, 0.2) is 0 Å². The van der Waals surface area contributed by atoms with Crippen molar-refractivity contribution in [3.05, 3.63) is 0 Å². The Bertz CT molecular complexity index is 792. The molecule has 0 saturated heterocycles. The molecule has 0 aliphatic heterocycles. The van der Waals surface area contributed by atoms with Crippen molar-refractivity contribution in [1.29, 1.82) is 0 Å². The first-order valence-corrected chi connectivity index (χ1v) is 11.0. The Morgan fingerprint density at radius 2 is 1.06 bits per heavy atom. The van der Waals surface area contributed by atoms with Gasteiger partial charge in [-0.15, -0.1) is 0 Å². The van der Waals surface area contributed by atoms with Crippen LogP contribution in [-0.4, -0.2) is 111 Å². The lowest BCUT2D eigenvalue weighted by Crippen LogP contribution is -2.60. The van der Waals surface area contributed by atoms with Crippen LogP contribution in [0, 0.1) is 5.92 Å². The molecule has 0 heterocycles. The van der Waals surface area contributed by atoms with E-state index in [1.165, 1.54) is 0 Å². The van der Waals surface area contributed by atoms with E-state index in [4.69, 9.17) is 21.1 Å². The summed E-state index contributed by atoms with van der Waals surface area (Å²) in [6.45, 7) is 0.789. The molecular weight excluding hydrogens is 486 g/mol. The molecule has 0 unspecified atom stereocenters. The van der Waals surface area contributed by atoms with Crippen LogP contribution in [0.1, 0.15) is 33.1 Å². The van der Waals surface area contributed by atoms with E-state index < -0.39 is 98.4 Å². The number of carbonyl (C=O) groups is 6. The molecule has 16 heteroatoms. The highest BCUT2D eigenvalue weighted by molar-refractivity contribution is 5.95. The van der Waals surface area contributed by atoms with E-state index in [1.54, 1.807) is 0 Å². The van der Waals surface area contributed by atoms with Crippen molar-refractivity contribution in [2.24, 2.45) is 11.7 Å². The summed E-state index contributed by atoms with van der Waals surface area (Å²) in [5.41, 5.74) is 5.74. The van der Waals surface area contributed by atoms with Gasteiger partial charge in [0.25, 0.3) is 0 Å². The van der Waals surface area contributed by atoms with Crippen LogP contribution in [0.4, 0.5) is 0 Å².